The molecule has 1 saturated heterocycles. The molecule has 1 aliphatic rings. The van der Waals surface area contributed by atoms with Crippen LogP contribution >= 0.6 is 0 Å². The molecule has 2 N–H and O–H groups in total. The Morgan fingerprint density at radius 3 is 2.96 bits per heavy atom. The highest BCUT2D eigenvalue weighted by molar-refractivity contribution is 5.81. The first-order valence-electron chi connectivity index (χ1n) is 9.13. The van der Waals surface area contributed by atoms with Crippen LogP contribution in [0.2, 0.25) is 0 Å². The summed E-state index contributed by atoms with van der Waals surface area (Å²) in [7, 11) is 3.47. The van der Waals surface area contributed by atoms with Crippen molar-refractivity contribution in [3.05, 3.63) is 29.6 Å². The van der Waals surface area contributed by atoms with Gasteiger partial charge < -0.3 is 20.1 Å². The monoisotopic (exact) mass is 357 g/mol. The van der Waals surface area contributed by atoms with Gasteiger partial charge in [0.2, 0.25) is 5.91 Å². The molecule has 0 aliphatic carbocycles. The number of carbonyl (C=O) groups is 2. The zero-order valence-corrected chi connectivity index (χ0v) is 15.7. The van der Waals surface area contributed by atoms with Crippen LogP contribution in [0.4, 0.5) is 4.79 Å². The van der Waals surface area contributed by atoms with Crippen LogP contribution in [0.5, 0.6) is 0 Å². The number of hydrogen-bond acceptors (Lipinski definition) is 3. The highest BCUT2D eigenvalue weighted by Gasteiger charge is 2.28. The molecule has 1 aliphatic heterocycles. The van der Waals surface area contributed by atoms with E-state index in [9.17, 15) is 9.59 Å². The molecule has 0 radical (unpaired) electrons. The molecule has 0 spiro atoms. The molecule has 2 heterocycles. The van der Waals surface area contributed by atoms with Crippen LogP contribution in [-0.4, -0.2) is 65.4 Å². The number of urea groups is 1. The molecule has 7 nitrogen and oxygen atoms in total. The number of hydrogen-bond donors (Lipinski definition) is 2. The van der Waals surface area contributed by atoms with E-state index < -0.39 is 0 Å². The number of likely N-dealkylation sites (tertiary alicyclic amines) is 1. The quantitative estimate of drug-likeness (QED) is 0.877. The van der Waals surface area contributed by atoms with Crippen LogP contribution in [0.3, 0.4) is 0 Å². The van der Waals surface area contributed by atoms with Gasteiger partial charge in [0, 0.05) is 40.2 Å². The lowest BCUT2D eigenvalue weighted by atomic mass is 9.97. The van der Waals surface area contributed by atoms with Gasteiger partial charge >= 0.3 is 6.03 Å². The number of nitrogens with zero attached hydrogens (tertiary/aromatic N) is 3. The minimum atomic E-state index is -0.133. The van der Waals surface area contributed by atoms with E-state index >= 15 is 0 Å². The smallest absolute Gasteiger partial charge is 0.319 e. The third-order valence-electron chi connectivity index (χ3n) is 4.79. The summed E-state index contributed by atoms with van der Waals surface area (Å²) in [5.74, 6) is 0.762. The van der Waals surface area contributed by atoms with Gasteiger partial charge in [0.1, 0.15) is 5.82 Å². The average Bonchev–Trinajstić information content (AvgIpc) is 3.02. The van der Waals surface area contributed by atoms with E-state index in [1.54, 1.807) is 23.9 Å². The first kappa shape index (κ1) is 18.2. The first-order valence-corrected chi connectivity index (χ1v) is 9.13. The van der Waals surface area contributed by atoms with Crippen LogP contribution in [0.1, 0.15) is 24.2 Å². The van der Waals surface area contributed by atoms with Crippen molar-refractivity contribution in [2.45, 2.75) is 26.2 Å². The van der Waals surface area contributed by atoms with Gasteiger partial charge in [0.15, 0.2) is 0 Å². The van der Waals surface area contributed by atoms with Crippen LogP contribution in [-0.2, 0) is 11.2 Å². The lowest BCUT2D eigenvalue weighted by Crippen LogP contribution is -2.48. The fourth-order valence-corrected chi connectivity index (χ4v) is 3.39. The van der Waals surface area contributed by atoms with Gasteiger partial charge in [-0.2, -0.15) is 0 Å². The number of carbonyl (C=O) groups excluding carboxylic acids is 2. The molecule has 7 heteroatoms. The number of amides is 3. The Kier molecular flexibility index (Phi) is 5.44. The Morgan fingerprint density at radius 1 is 1.38 bits per heavy atom. The van der Waals surface area contributed by atoms with Crippen LogP contribution in [0.25, 0.3) is 11.0 Å². The summed E-state index contributed by atoms with van der Waals surface area (Å²) in [5, 5.41) is 2.99. The summed E-state index contributed by atoms with van der Waals surface area (Å²) in [5.41, 5.74) is 3.16. The molecular formula is C19H27N5O2. The number of fused-ring (bicyclic) bond motifs is 1. The van der Waals surface area contributed by atoms with Crippen molar-refractivity contribution < 1.29 is 9.59 Å². The number of piperidine rings is 1. The number of rotatable bonds is 4. The zero-order chi connectivity index (χ0) is 18.7. The second-order valence-electron chi connectivity index (χ2n) is 7.21. The fraction of sp³-hybridized carbons (Fsp3) is 0.526. The summed E-state index contributed by atoms with van der Waals surface area (Å²) in [6.45, 7) is 3.80. The van der Waals surface area contributed by atoms with E-state index in [1.165, 1.54) is 5.56 Å². The predicted octanol–water partition coefficient (Wildman–Crippen LogP) is 1.92. The van der Waals surface area contributed by atoms with Crippen molar-refractivity contribution in [3.8, 4) is 0 Å². The van der Waals surface area contributed by atoms with Gasteiger partial charge in [-0.25, -0.2) is 9.78 Å². The summed E-state index contributed by atoms with van der Waals surface area (Å²) in [6.07, 6.45) is 2.35. The van der Waals surface area contributed by atoms with E-state index in [-0.39, 0.29) is 17.9 Å². The SMILES string of the molecule is Cc1ccc2nc(CCNC(=O)[C@H]3CCCN(C(=O)N(C)C)C3)[nH]c2c1. The third-order valence-corrected chi connectivity index (χ3v) is 4.79. The van der Waals surface area contributed by atoms with Crippen molar-refractivity contribution in [2.75, 3.05) is 33.7 Å². The van der Waals surface area contributed by atoms with Gasteiger partial charge in [-0.15, -0.1) is 0 Å². The van der Waals surface area contributed by atoms with Crippen molar-refractivity contribution >= 4 is 23.0 Å². The molecule has 0 unspecified atom stereocenters. The van der Waals surface area contributed by atoms with E-state index in [4.69, 9.17) is 0 Å². The molecule has 0 saturated carbocycles. The molecule has 1 fully saturated rings. The summed E-state index contributed by atoms with van der Waals surface area (Å²) < 4.78 is 0. The fourth-order valence-electron chi connectivity index (χ4n) is 3.39. The number of imidazole rings is 1. The maximum Gasteiger partial charge on any atom is 0.319 e. The zero-order valence-electron chi connectivity index (χ0n) is 15.7. The number of aryl methyl sites for hydroxylation is 1. The average molecular weight is 357 g/mol. The van der Waals surface area contributed by atoms with Gasteiger partial charge in [0.05, 0.1) is 17.0 Å². The molecule has 1 aromatic heterocycles. The lowest BCUT2D eigenvalue weighted by Gasteiger charge is -2.33. The van der Waals surface area contributed by atoms with Gasteiger partial charge in [-0.1, -0.05) is 6.07 Å². The molecule has 140 valence electrons. The molecule has 1 aromatic carbocycles. The van der Waals surface area contributed by atoms with E-state index in [1.807, 2.05) is 12.1 Å². The summed E-state index contributed by atoms with van der Waals surface area (Å²) in [4.78, 5) is 35.7. The maximum absolute atomic E-state index is 12.4. The molecule has 2 aromatic rings. The summed E-state index contributed by atoms with van der Waals surface area (Å²) >= 11 is 0. The molecule has 3 amide bonds. The van der Waals surface area contributed by atoms with Gasteiger partial charge in [0.25, 0.3) is 0 Å². The standard InChI is InChI=1S/C19H27N5O2/c1-13-6-7-15-16(11-13)22-17(21-15)8-9-20-18(25)14-5-4-10-24(12-14)19(26)23(2)3/h6-7,11,14H,4-5,8-10,12H2,1-3H3,(H,20,25)(H,21,22)/t14-/m0/s1. The van der Waals surface area contributed by atoms with Crippen molar-refractivity contribution in [1.29, 1.82) is 0 Å². The number of aromatic amines is 1. The number of aromatic nitrogens is 2. The minimum absolute atomic E-state index is 0.0215. The lowest BCUT2D eigenvalue weighted by molar-refractivity contribution is -0.126. The molecule has 26 heavy (non-hydrogen) atoms. The predicted molar refractivity (Wildman–Crippen MR) is 101 cm³/mol. The minimum Gasteiger partial charge on any atom is -0.355 e. The molecular weight excluding hydrogens is 330 g/mol. The van der Waals surface area contributed by atoms with E-state index in [2.05, 4.69) is 28.3 Å². The normalized spacial score (nSPS) is 17.3. The Labute approximate surface area is 153 Å². The van der Waals surface area contributed by atoms with Gasteiger partial charge in [-0.3, -0.25) is 4.79 Å². The van der Waals surface area contributed by atoms with Crippen LogP contribution in [0.15, 0.2) is 18.2 Å². The number of benzene rings is 1. The Bertz CT molecular complexity index is 798. The van der Waals surface area contributed by atoms with E-state index in [0.717, 1.165) is 36.2 Å². The Morgan fingerprint density at radius 2 is 2.19 bits per heavy atom. The molecule has 0 bridgehead atoms. The second kappa shape index (κ2) is 7.76. The number of nitrogens with one attached hydrogen (secondary N) is 2. The largest absolute Gasteiger partial charge is 0.355 e. The summed E-state index contributed by atoms with van der Waals surface area (Å²) in [6, 6.07) is 6.09. The van der Waals surface area contributed by atoms with Crippen molar-refractivity contribution in [2.24, 2.45) is 5.92 Å². The highest BCUT2D eigenvalue weighted by atomic mass is 16.2. The maximum atomic E-state index is 12.4. The topological polar surface area (TPSA) is 81.3 Å². The Hall–Kier alpha value is -2.57. The first-order chi connectivity index (χ1) is 12.4. The van der Waals surface area contributed by atoms with Crippen molar-refractivity contribution in [3.63, 3.8) is 0 Å². The van der Waals surface area contributed by atoms with E-state index in [0.29, 0.717) is 19.5 Å². The number of H-pyrrole nitrogens is 1. The van der Waals surface area contributed by atoms with Crippen molar-refractivity contribution in [1.82, 2.24) is 25.1 Å². The van der Waals surface area contributed by atoms with Gasteiger partial charge in [-0.05, 0) is 37.5 Å². The molecule has 3 rings (SSSR count). The van der Waals surface area contributed by atoms with Crippen LogP contribution in [0, 0.1) is 12.8 Å². The van der Waals surface area contributed by atoms with Crippen LogP contribution < -0.4 is 5.32 Å². The molecule has 1 atom stereocenters. The highest BCUT2D eigenvalue weighted by Crippen LogP contribution is 2.18. The second-order valence-corrected chi connectivity index (χ2v) is 7.21. The Balaban J connectivity index is 1.50. The third kappa shape index (κ3) is 4.15.